The summed E-state index contributed by atoms with van der Waals surface area (Å²) in [6, 6.07) is -1.26. The molecule has 2 atom stereocenters. The van der Waals surface area contributed by atoms with Gasteiger partial charge in [0.2, 0.25) is 5.91 Å². The van der Waals surface area contributed by atoms with Crippen LogP contribution in [0, 0.1) is 5.41 Å². The van der Waals surface area contributed by atoms with Gasteiger partial charge in [-0.15, -0.1) is 0 Å². The van der Waals surface area contributed by atoms with Gasteiger partial charge in [0.25, 0.3) is 0 Å². The van der Waals surface area contributed by atoms with Crippen LogP contribution in [0.5, 0.6) is 0 Å². The molecule has 5 heteroatoms. The molecule has 1 rings (SSSR count). The Balaban J connectivity index is 2.32. The summed E-state index contributed by atoms with van der Waals surface area (Å²) in [6.45, 7) is 10.6. The zero-order chi connectivity index (χ0) is 19.7. The van der Waals surface area contributed by atoms with Crippen molar-refractivity contribution in [3.8, 4) is 0 Å². The minimum atomic E-state index is -0.675. The van der Waals surface area contributed by atoms with Crippen molar-refractivity contribution in [1.29, 1.82) is 0 Å². The minimum Gasteiger partial charge on any atom is -0.464 e. The Bertz CT molecular complexity index is 549. The first-order valence-electron chi connectivity index (χ1n) is 9.78. The molecule has 0 spiro atoms. The van der Waals surface area contributed by atoms with Crippen LogP contribution in [0.3, 0.4) is 0 Å². The number of esters is 1. The highest BCUT2D eigenvalue weighted by Gasteiger charge is 2.26. The number of allylic oxidation sites excluding steroid dienone is 4. The third kappa shape index (κ3) is 6.94. The first-order chi connectivity index (χ1) is 12.2. The van der Waals surface area contributed by atoms with Crippen molar-refractivity contribution in [3.63, 3.8) is 0 Å². The lowest BCUT2D eigenvalue weighted by atomic mass is 9.72. The van der Waals surface area contributed by atoms with E-state index in [9.17, 15) is 9.59 Å². The van der Waals surface area contributed by atoms with E-state index in [4.69, 9.17) is 10.5 Å². The summed E-state index contributed by atoms with van der Waals surface area (Å²) < 4.78 is 5.23. The summed E-state index contributed by atoms with van der Waals surface area (Å²) in [7, 11) is 0. The smallest absolute Gasteiger partial charge is 0.328 e. The molecular formula is C21H36N2O3. The predicted molar refractivity (Wildman–Crippen MR) is 106 cm³/mol. The van der Waals surface area contributed by atoms with Gasteiger partial charge in [-0.1, -0.05) is 38.5 Å². The van der Waals surface area contributed by atoms with E-state index in [0.717, 1.165) is 12.8 Å². The molecular weight excluding hydrogens is 328 g/mol. The number of nitrogens with two attached hydrogens (primary N) is 1. The van der Waals surface area contributed by atoms with Crippen molar-refractivity contribution in [2.24, 2.45) is 11.1 Å². The number of nitrogens with one attached hydrogen (secondary N) is 1. The third-order valence-corrected chi connectivity index (χ3v) is 5.08. The van der Waals surface area contributed by atoms with Crippen LogP contribution in [0.2, 0.25) is 0 Å². The van der Waals surface area contributed by atoms with E-state index in [1.807, 2.05) is 6.92 Å². The topological polar surface area (TPSA) is 81.4 Å². The predicted octanol–water partition coefficient (Wildman–Crippen LogP) is 3.63. The molecule has 1 aliphatic carbocycles. The average molecular weight is 365 g/mol. The number of carbonyl (C=O) groups excluding carboxylic acids is 2. The maximum atomic E-state index is 11.9. The Labute approximate surface area is 158 Å². The molecule has 148 valence electrons. The molecule has 5 nitrogen and oxygen atoms in total. The van der Waals surface area contributed by atoms with E-state index in [0.29, 0.717) is 13.0 Å². The van der Waals surface area contributed by atoms with Crippen LogP contribution < -0.4 is 11.1 Å². The number of amides is 1. The summed E-state index contributed by atoms with van der Waals surface area (Å²) in [5.74, 6) is -0.740. The second-order valence-electron chi connectivity index (χ2n) is 7.89. The van der Waals surface area contributed by atoms with Gasteiger partial charge in [0.15, 0.2) is 0 Å². The number of rotatable bonds is 9. The summed E-state index contributed by atoms with van der Waals surface area (Å²) in [4.78, 5) is 23.6. The number of ether oxygens (including phenoxy) is 1. The summed E-state index contributed by atoms with van der Waals surface area (Å²) in [6.07, 6.45) is 10.3. The Morgan fingerprint density at radius 1 is 1.38 bits per heavy atom. The molecule has 26 heavy (non-hydrogen) atoms. The molecule has 0 aromatic heterocycles. The quantitative estimate of drug-likeness (QED) is 0.483. The van der Waals surface area contributed by atoms with Crippen molar-refractivity contribution >= 4 is 11.9 Å². The number of unbranched alkanes of at least 4 members (excludes halogenated alkanes) is 1. The molecule has 0 heterocycles. The monoisotopic (exact) mass is 364 g/mol. The van der Waals surface area contributed by atoms with Crippen molar-refractivity contribution in [1.82, 2.24) is 5.32 Å². The molecule has 1 aliphatic rings. The van der Waals surface area contributed by atoms with Gasteiger partial charge < -0.3 is 15.8 Å². The summed E-state index contributed by atoms with van der Waals surface area (Å²) in [5, 5.41) is 2.58. The fourth-order valence-electron chi connectivity index (χ4n) is 3.28. The highest BCUT2D eigenvalue weighted by Crippen LogP contribution is 2.40. The number of hydrogen-bond acceptors (Lipinski definition) is 4. The Hall–Kier alpha value is -1.62. The van der Waals surface area contributed by atoms with Gasteiger partial charge in [-0.05, 0) is 63.4 Å². The van der Waals surface area contributed by atoms with E-state index < -0.39 is 18.1 Å². The highest BCUT2D eigenvalue weighted by atomic mass is 16.5. The fourth-order valence-corrected chi connectivity index (χ4v) is 3.28. The Kier molecular flexibility index (Phi) is 9.06. The van der Waals surface area contributed by atoms with Crippen LogP contribution >= 0.6 is 0 Å². The van der Waals surface area contributed by atoms with Crippen LogP contribution in [0.1, 0.15) is 73.1 Å². The van der Waals surface area contributed by atoms with Gasteiger partial charge >= 0.3 is 5.97 Å². The molecule has 0 unspecified atom stereocenters. The van der Waals surface area contributed by atoms with E-state index in [1.54, 1.807) is 6.92 Å². The van der Waals surface area contributed by atoms with Gasteiger partial charge in [0, 0.05) is 0 Å². The molecule has 1 amide bonds. The van der Waals surface area contributed by atoms with Crippen LogP contribution in [0.4, 0.5) is 0 Å². The van der Waals surface area contributed by atoms with Crippen LogP contribution in [-0.2, 0) is 14.3 Å². The van der Waals surface area contributed by atoms with E-state index in [2.05, 4.69) is 38.2 Å². The average Bonchev–Trinajstić information content (AvgIpc) is 2.58. The minimum absolute atomic E-state index is 0.248. The van der Waals surface area contributed by atoms with E-state index >= 15 is 0 Å². The lowest BCUT2D eigenvalue weighted by Crippen LogP contribution is -2.47. The fraction of sp³-hybridized carbons (Fsp3) is 0.714. The maximum absolute atomic E-state index is 11.9. The van der Waals surface area contributed by atoms with Gasteiger partial charge in [-0.25, -0.2) is 4.79 Å². The standard InChI is InChI=1S/C21H36N2O3/c1-6-18(22)19(24)23-16(3)20(25)26-14-9-7-8-12-17-15(2)11-10-13-21(17,4)5/h8,12,16,18H,6-7,9-11,13-14,22H2,1-5H3,(H,23,24)/t16-,18-/m0/s1. The van der Waals surface area contributed by atoms with Crippen LogP contribution in [0.15, 0.2) is 23.3 Å². The lowest BCUT2D eigenvalue weighted by Gasteiger charge is -2.32. The third-order valence-electron chi connectivity index (χ3n) is 5.08. The first-order valence-corrected chi connectivity index (χ1v) is 9.78. The number of carbonyl (C=O) groups is 2. The van der Waals surface area contributed by atoms with Crippen molar-refractivity contribution in [2.45, 2.75) is 85.2 Å². The molecule has 0 radical (unpaired) electrons. The zero-order valence-electron chi connectivity index (χ0n) is 17.1. The van der Waals surface area contributed by atoms with E-state index in [1.165, 1.54) is 30.4 Å². The van der Waals surface area contributed by atoms with Gasteiger partial charge in [0.1, 0.15) is 6.04 Å². The second-order valence-corrected chi connectivity index (χ2v) is 7.89. The molecule has 3 N–H and O–H groups in total. The van der Waals surface area contributed by atoms with Crippen molar-refractivity contribution in [2.75, 3.05) is 6.61 Å². The van der Waals surface area contributed by atoms with Gasteiger partial charge in [0.05, 0.1) is 12.6 Å². The van der Waals surface area contributed by atoms with Gasteiger partial charge in [-0.2, -0.15) is 0 Å². The highest BCUT2D eigenvalue weighted by molar-refractivity contribution is 5.87. The Morgan fingerprint density at radius 3 is 2.69 bits per heavy atom. The van der Waals surface area contributed by atoms with Crippen LogP contribution in [-0.4, -0.2) is 30.6 Å². The second kappa shape index (κ2) is 10.5. The first kappa shape index (κ1) is 22.4. The normalized spacial score (nSPS) is 19.3. The van der Waals surface area contributed by atoms with Crippen LogP contribution in [0.25, 0.3) is 0 Å². The van der Waals surface area contributed by atoms with Gasteiger partial charge in [-0.3, -0.25) is 4.79 Å². The summed E-state index contributed by atoms with van der Waals surface area (Å²) >= 11 is 0. The molecule has 0 aliphatic heterocycles. The SMILES string of the molecule is CC[C@H](N)C(=O)N[C@@H](C)C(=O)OCCCC=CC1=C(C)CCCC1(C)C. The molecule has 0 fully saturated rings. The van der Waals surface area contributed by atoms with E-state index in [-0.39, 0.29) is 11.3 Å². The largest absolute Gasteiger partial charge is 0.464 e. The summed E-state index contributed by atoms with van der Waals surface area (Å²) in [5.41, 5.74) is 8.82. The molecule has 0 bridgehead atoms. The maximum Gasteiger partial charge on any atom is 0.328 e. The molecule has 0 aromatic carbocycles. The Morgan fingerprint density at radius 2 is 2.08 bits per heavy atom. The lowest BCUT2D eigenvalue weighted by molar-refractivity contribution is -0.147. The van der Waals surface area contributed by atoms with Crippen molar-refractivity contribution in [3.05, 3.63) is 23.3 Å². The molecule has 0 aromatic rings. The molecule has 0 saturated carbocycles. The number of hydrogen-bond donors (Lipinski definition) is 2. The van der Waals surface area contributed by atoms with Crippen molar-refractivity contribution < 1.29 is 14.3 Å². The zero-order valence-corrected chi connectivity index (χ0v) is 17.1. The molecule has 0 saturated heterocycles.